The third-order valence-electron chi connectivity index (χ3n) is 4.94. The lowest BCUT2D eigenvalue weighted by molar-refractivity contribution is 0.206. The monoisotopic (exact) mass is 323 g/mol. The van der Waals surface area contributed by atoms with Crippen molar-refractivity contribution in [1.29, 1.82) is 0 Å². The van der Waals surface area contributed by atoms with E-state index in [2.05, 4.69) is 41.2 Å². The van der Waals surface area contributed by atoms with Crippen LogP contribution in [0.15, 0.2) is 4.99 Å². The van der Waals surface area contributed by atoms with Gasteiger partial charge in [0.1, 0.15) is 0 Å². The van der Waals surface area contributed by atoms with Gasteiger partial charge in [-0.2, -0.15) is 0 Å². The molecular formula is C18H37N5. The summed E-state index contributed by atoms with van der Waals surface area (Å²) in [7, 11) is 0. The first-order chi connectivity index (χ1) is 11.3. The van der Waals surface area contributed by atoms with Gasteiger partial charge in [0.2, 0.25) is 0 Å². The van der Waals surface area contributed by atoms with Gasteiger partial charge < -0.3 is 15.5 Å². The van der Waals surface area contributed by atoms with Crippen LogP contribution in [0.5, 0.6) is 0 Å². The van der Waals surface area contributed by atoms with Crippen LogP contribution in [0.25, 0.3) is 0 Å². The molecule has 1 saturated heterocycles. The fourth-order valence-corrected chi connectivity index (χ4v) is 3.46. The smallest absolute Gasteiger partial charge is 0.191 e. The van der Waals surface area contributed by atoms with Crippen LogP contribution in [0.4, 0.5) is 0 Å². The average molecular weight is 324 g/mol. The van der Waals surface area contributed by atoms with Gasteiger partial charge in [-0.1, -0.05) is 13.8 Å². The summed E-state index contributed by atoms with van der Waals surface area (Å²) in [6, 6.07) is 1.42. The minimum Gasteiger partial charge on any atom is -0.357 e. The van der Waals surface area contributed by atoms with Gasteiger partial charge in [0.05, 0.1) is 6.54 Å². The maximum absolute atomic E-state index is 4.80. The van der Waals surface area contributed by atoms with E-state index < -0.39 is 0 Å². The van der Waals surface area contributed by atoms with Gasteiger partial charge in [-0.15, -0.1) is 0 Å². The summed E-state index contributed by atoms with van der Waals surface area (Å²) in [4.78, 5) is 9.95. The molecule has 0 aromatic rings. The third-order valence-corrected chi connectivity index (χ3v) is 4.94. The van der Waals surface area contributed by atoms with Crippen LogP contribution in [0, 0.1) is 0 Å². The molecule has 5 heteroatoms. The molecular weight excluding hydrogens is 286 g/mol. The molecule has 0 unspecified atom stereocenters. The van der Waals surface area contributed by atoms with Crippen molar-refractivity contribution in [2.24, 2.45) is 4.99 Å². The lowest BCUT2D eigenvalue weighted by atomic mass is 10.1. The van der Waals surface area contributed by atoms with Crippen LogP contribution in [0.1, 0.15) is 52.9 Å². The Balaban J connectivity index is 1.73. The Labute approximate surface area is 142 Å². The van der Waals surface area contributed by atoms with Gasteiger partial charge in [0, 0.05) is 38.3 Å². The summed E-state index contributed by atoms with van der Waals surface area (Å²) >= 11 is 0. The fourth-order valence-electron chi connectivity index (χ4n) is 3.46. The topological polar surface area (TPSA) is 42.9 Å². The molecule has 0 bridgehead atoms. The van der Waals surface area contributed by atoms with E-state index in [9.17, 15) is 0 Å². The first-order valence-corrected chi connectivity index (χ1v) is 9.78. The van der Waals surface area contributed by atoms with Crippen LogP contribution in [-0.2, 0) is 0 Å². The number of hydrogen-bond acceptors (Lipinski definition) is 3. The molecule has 0 radical (unpaired) electrons. The summed E-state index contributed by atoms with van der Waals surface area (Å²) in [6.07, 6.45) is 6.48. The van der Waals surface area contributed by atoms with Gasteiger partial charge in [-0.25, -0.2) is 0 Å². The van der Waals surface area contributed by atoms with Gasteiger partial charge in [-0.3, -0.25) is 9.89 Å². The Morgan fingerprint density at radius 3 is 2.43 bits per heavy atom. The molecule has 23 heavy (non-hydrogen) atoms. The SMILES string of the molecule is CCCN1CCC(NC(=NCCN(CC)C2CC2)NCC)CC1. The molecule has 2 N–H and O–H groups in total. The van der Waals surface area contributed by atoms with E-state index in [4.69, 9.17) is 4.99 Å². The quantitative estimate of drug-likeness (QED) is 0.502. The third kappa shape index (κ3) is 6.68. The normalized spacial score (nSPS) is 21.0. The fraction of sp³-hybridized carbons (Fsp3) is 0.944. The number of nitrogens with zero attached hydrogens (tertiary/aromatic N) is 3. The second-order valence-electron chi connectivity index (χ2n) is 6.88. The van der Waals surface area contributed by atoms with Crippen molar-refractivity contribution in [3.05, 3.63) is 0 Å². The van der Waals surface area contributed by atoms with Crippen molar-refractivity contribution >= 4 is 5.96 Å². The molecule has 0 aromatic heterocycles. The van der Waals surface area contributed by atoms with E-state index in [1.54, 1.807) is 0 Å². The zero-order chi connectivity index (χ0) is 16.5. The van der Waals surface area contributed by atoms with Crippen molar-refractivity contribution in [2.45, 2.75) is 65.0 Å². The molecule has 1 aliphatic heterocycles. The zero-order valence-electron chi connectivity index (χ0n) is 15.5. The highest BCUT2D eigenvalue weighted by Gasteiger charge is 2.27. The predicted octanol–water partition coefficient (Wildman–Crippen LogP) is 1.90. The largest absolute Gasteiger partial charge is 0.357 e. The van der Waals surface area contributed by atoms with Crippen LogP contribution < -0.4 is 10.6 Å². The number of piperidine rings is 1. The van der Waals surface area contributed by atoms with Crippen molar-refractivity contribution in [2.75, 3.05) is 45.8 Å². The molecule has 5 nitrogen and oxygen atoms in total. The highest BCUT2D eigenvalue weighted by molar-refractivity contribution is 5.80. The summed E-state index contributed by atoms with van der Waals surface area (Å²) in [5.74, 6) is 1.01. The number of nitrogens with one attached hydrogen (secondary N) is 2. The minimum atomic E-state index is 0.576. The molecule has 0 atom stereocenters. The molecule has 0 spiro atoms. The first-order valence-electron chi connectivity index (χ1n) is 9.78. The van der Waals surface area contributed by atoms with E-state index in [0.717, 1.165) is 38.2 Å². The van der Waals surface area contributed by atoms with E-state index >= 15 is 0 Å². The number of likely N-dealkylation sites (N-methyl/N-ethyl adjacent to an activating group) is 1. The van der Waals surface area contributed by atoms with E-state index in [1.165, 1.54) is 51.7 Å². The van der Waals surface area contributed by atoms with Gasteiger partial charge in [0.15, 0.2) is 5.96 Å². The van der Waals surface area contributed by atoms with Gasteiger partial charge in [-0.05, 0) is 52.1 Å². The highest BCUT2D eigenvalue weighted by Crippen LogP contribution is 2.25. The molecule has 2 aliphatic rings. The van der Waals surface area contributed by atoms with Crippen LogP contribution >= 0.6 is 0 Å². The van der Waals surface area contributed by atoms with E-state index in [0.29, 0.717) is 6.04 Å². The zero-order valence-corrected chi connectivity index (χ0v) is 15.5. The molecule has 1 saturated carbocycles. The molecule has 0 aromatic carbocycles. The number of rotatable bonds is 9. The summed E-state index contributed by atoms with van der Waals surface area (Å²) in [5.41, 5.74) is 0. The number of likely N-dealkylation sites (tertiary alicyclic amines) is 1. The Kier molecular flexibility index (Phi) is 8.17. The van der Waals surface area contributed by atoms with Crippen molar-refractivity contribution in [1.82, 2.24) is 20.4 Å². The summed E-state index contributed by atoms with van der Waals surface area (Å²) in [6.45, 7) is 14.4. The predicted molar refractivity (Wildman–Crippen MR) is 99.1 cm³/mol. The van der Waals surface area contributed by atoms with Gasteiger partial charge >= 0.3 is 0 Å². The second kappa shape index (κ2) is 10.1. The van der Waals surface area contributed by atoms with Crippen molar-refractivity contribution in [3.8, 4) is 0 Å². The standard InChI is InChI=1S/C18H37N5/c1-4-12-22-13-9-16(10-14-22)21-18(19-5-2)20-11-15-23(6-3)17-7-8-17/h16-17H,4-15H2,1-3H3,(H2,19,20,21). The highest BCUT2D eigenvalue weighted by atomic mass is 15.2. The first kappa shape index (κ1) is 18.5. The number of aliphatic imine (C=N–C) groups is 1. The Morgan fingerprint density at radius 1 is 1.13 bits per heavy atom. The van der Waals surface area contributed by atoms with E-state index in [-0.39, 0.29) is 0 Å². The Bertz CT molecular complexity index is 345. The molecule has 2 fully saturated rings. The van der Waals surface area contributed by atoms with Crippen LogP contribution in [0.2, 0.25) is 0 Å². The minimum absolute atomic E-state index is 0.576. The number of guanidine groups is 1. The van der Waals surface area contributed by atoms with Crippen molar-refractivity contribution in [3.63, 3.8) is 0 Å². The lowest BCUT2D eigenvalue weighted by Gasteiger charge is -2.32. The van der Waals surface area contributed by atoms with Crippen LogP contribution in [0.3, 0.4) is 0 Å². The maximum Gasteiger partial charge on any atom is 0.191 e. The lowest BCUT2D eigenvalue weighted by Crippen LogP contribution is -2.49. The molecule has 2 rings (SSSR count). The molecule has 0 amide bonds. The number of hydrogen-bond donors (Lipinski definition) is 2. The summed E-state index contributed by atoms with van der Waals surface area (Å²) < 4.78 is 0. The summed E-state index contributed by atoms with van der Waals surface area (Å²) in [5, 5.41) is 7.06. The molecule has 1 heterocycles. The van der Waals surface area contributed by atoms with Crippen molar-refractivity contribution < 1.29 is 0 Å². The second-order valence-corrected chi connectivity index (χ2v) is 6.88. The van der Waals surface area contributed by atoms with Crippen LogP contribution in [-0.4, -0.2) is 73.7 Å². The molecule has 1 aliphatic carbocycles. The van der Waals surface area contributed by atoms with E-state index in [1.807, 2.05) is 0 Å². The maximum atomic E-state index is 4.80. The molecule has 134 valence electrons. The Hall–Kier alpha value is -0.810. The van der Waals surface area contributed by atoms with Gasteiger partial charge in [0.25, 0.3) is 0 Å². The average Bonchev–Trinajstić information content (AvgIpc) is 3.38. The Morgan fingerprint density at radius 2 is 1.87 bits per heavy atom.